The van der Waals surface area contributed by atoms with Gasteiger partial charge in [0.2, 0.25) is 0 Å². The maximum Gasteiger partial charge on any atom is 0.195 e. The molecule has 2 aromatic heterocycles. The molecule has 1 N–H and O–H groups in total. The first kappa shape index (κ1) is 14.9. The molecule has 0 unspecified atom stereocenters. The van der Waals surface area contributed by atoms with E-state index in [0.29, 0.717) is 6.04 Å². The molecule has 0 saturated carbocycles. The van der Waals surface area contributed by atoms with E-state index in [1.54, 1.807) is 11.3 Å². The standard InChI is InChI=1S/C16H26N4S/c1-4-13-5-7-19(8-6-13)15-14(11-17-12(2)3)20-9-10-21-16(20)18-15/h9-10,12-13,17H,4-8,11H2,1-3H3. The highest BCUT2D eigenvalue weighted by atomic mass is 32.1. The van der Waals surface area contributed by atoms with Gasteiger partial charge in [0.25, 0.3) is 0 Å². The topological polar surface area (TPSA) is 32.6 Å². The fourth-order valence-corrected chi connectivity index (χ4v) is 3.82. The molecular weight excluding hydrogens is 280 g/mol. The molecule has 3 rings (SSSR count). The number of imidazole rings is 1. The summed E-state index contributed by atoms with van der Waals surface area (Å²) in [6.07, 6.45) is 6.07. The fourth-order valence-electron chi connectivity index (χ4n) is 3.09. The molecule has 3 heterocycles. The summed E-state index contributed by atoms with van der Waals surface area (Å²) >= 11 is 1.72. The van der Waals surface area contributed by atoms with Crippen molar-refractivity contribution in [2.75, 3.05) is 18.0 Å². The van der Waals surface area contributed by atoms with Crippen molar-refractivity contribution in [3.05, 3.63) is 17.3 Å². The smallest absolute Gasteiger partial charge is 0.195 e. The van der Waals surface area contributed by atoms with E-state index in [1.807, 2.05) is 0 Å². The Hall–Kier alpha value is -1.07. The van der Waals surface area contributed by atoms with Crippen molar-refractivity contribution in [2.24, 2.45) is 5.92 Å². The van der Waals surface area contributed by atoms with Crippen molar-refractivity contribution < 1.29 is 0 Å². The zero-order valence-electron chi connectivity index (χ0n) is 13.3. The van der Waals surface area contributed by atoms with E-state index in [4.69, 9.17) is 4.98 Å². The number of fused-ring (bicyclic) bond motifs is 1. The van der Waals surface area contributed by atoms with Crippen LogP contribution in [0.5, 0.6) is 0 Å². The third-order valence-corrected chi connectivity index (χ3v) is 5.27. The minimum atomic E-state index is 0.493. The van der Waals surface area contributed by atoms with Crippen LogP contribution in [0.3, 0.4) is 0 Å². The second-order valence-electron chi connectivity index (χ2n) is 6.31. The monoisotopic (exact) mass is 306 g/mol. The maximum absolute atomic E-state index is 4.89. The Kier molecular flexibility index (Phi) is 4.50. The number of piperidine rings is 1. The molecule has 1 saturated heterocycles. The Bertz CT molecular complexity index is 578. The summed E-state index contributed by atoms with van der Waals surface area (Å²) in [6, 6.07) is 0.493. The van der Waals surface area contributed by atoms with Crippen LogP contribution in [0.2, 0.25) is 0 Å². The first-order valence-corrected chi connectivity index (χ1v) is 8.99. The number of hydrogen-bond acceptors (Lipinski definition) is 4. The van der Waals surface area contributed by atoms with Crippen LogP contribution in [-0.2, 0) is 6.54 Å². The lowest BCUT2D eigenvalue weighted by atomic mass is 9.94. The molecule has 0 bridgehead atoms. The van der Waals surface area contributed by atoms with Crippen LogP contribution in [0.4, 0.5) is 5.82 Å². The van der Waals surface area contributed by atoms with Crippen molar-refractivity contribution in [1.29, 1.82) is 0 Å². The number of nitrogens with one attached hydrogen (secondary N) is 1. The van der Waals surface area contributed by atoms with E-state index in [2.05, 4.69) is 47.0 Å². The molecule has 2 aromatic rings. The van der Waals surface area contributed by atoms with Crippen LogP contribution in [0, 0.1) is 5.92 Å². The first-order chi connectivity index (χ1) is 10.2. The molecule has 0 aliphatic carbocycles. The van der Waals surface area contributed by atoms with Gasteiger partial charge in [0.15, 0.2) is 10.8 Å². The number of anilines is 1. The van der Waals surface area contributed by atoms with Crippen LogP contribution in [0.25, 0.3) is 4.96 Å². The van der Waals surface area contributed by atoms with Gasteiger partial charge >= 0.3 is 0 Å². The van der Waals surface area contributed by atoms with E-state index in [9.17, 15) is 0 Å². The lowest BCUT2D eigenvalue weighted by Gasteiger charge is -2.32. The number of nitrogens with zero attached hydrogens (tertiary/aromatic N) is 3. The molecule has 4 nitrogen and oxygen atoms in total. The second-order valence-corrected chi connectivity index (χ2v) is 7.18. The van der Waals surface area contributed by atoms with E-state index in [-0.39, 0.29) is 0 Å². The van der Waals surface area contributed by atoms with Crippen LogP contribution >= 0.6 is 11.3 Å². The fraction of sp³-hybridized carbons (Fsp3) is 0.688. The molecule has 0 amide bonds. The highest BCUT2D eigenvalue weighted by molar-refractivity contribution is 7.15. The summed E-state index contributed by atoms with van der Waals surface area (Å²) in [5.41, 5.74) is 1.31. The molecule has 5 heteroatoms. The highest BCUT2D eigenvalue weighted by Gasteiger charge is 2.23. The summed E-state index contributed by atoms with van der Waals surface area (Å²) in [7, 11) is 0. The minimum Gasteiger partial charge on any atom is -0.355 e. The highest BCUT2D eigenvalue weighted by Crippen LogP contribution is 2.29. The van der Waals surface area contributed by atoms with Gasteiger partial charge in [-0.25, -0.2) is 4.98 Å². The third kappa shape index (κ3) is 3.09. The van der Waals surface area contributed by atoms with Gasteiger partial charge in [-0.1, -0.05) is 27.2 Å². The van der Waals surface area contributed by atoms with Gasteiger partial charge in [-0.2, -0.15) is 0 Å². The molecule has 0 atom stereocenters. The molecule has 116 valence electrons. The Morgan fingerprint density at radius 2 is 2.14 bits per heavy atom. The van der Waals surface area contributed by atoms with Gasteiger partial charge in [-0.05, 0) is 18.8 Å². The van der Waals surface area contributed by atoms with Crippen molar-refractivity contribution >= 4 is 22.1 Å². The molecular formula is C16H26N4S. The van der Waals surface area contributed by atoms with Gasteiger partial charge in [-0.15, -0.1) is 11.3 Å². The molecule has 21 heavy (non-hydrogen) atoms. The molecule has 0 spiro atoms. The quantitative estimate of drug-likeness (QED) is 0.917. The summed E-state index contributed by atoms with van der Waals surface area (Å²) in [4.78, 5) is 8.50. The lowest BCUT2D eigenvalue weighted by molar-refractivity contribution is 0.393. The van der Waals surface area contributed by atoms with E-state index >= 15 is 0 Å². The minimum absolute atomic E-state index is 0.493. The van der Waals surface area contributed by atoms with Crippen molar-refractivity contribution in [1.82, 2.24) is 14.7 Å². The summed E-state index contributed by atoms with van der Waals surface area (Å²) in [6.45, 7) is 9.89. The summed E-state index contributed by atoms with van der Waals surface area (Å²) in [5.74, 6) is 2.10. The number of thiazole rings is 1. The van der Waals surface area contributed by atoms with Crippen molar-refractivity contribution in [3.8, 4) is 0 Å². The third-order valence-electron chi connectivity index (χ3n) is 4.51. The average Bonchev–Trinajstić information content (AvgIpc) is 3.06. The van der Waals surface area contributed by atoms with Crippen LogP contribution in [0.1, 0.15) is 45.7 Å². The molecule has 1 aliphatic rings. The predicted molar refractivity (Wildman–Crippen MR) is 90.3 cm³/mol. The number of hydrogen-bond donors (Lipinski definition) is 1. The molecule has 0 radical (unpaired) electrons. The van der Waals surface area contributed by atoms with Gasteiger partial charge in [0, 0.05) is 37.3 Å². The molecule has 1 fully saturated rings. The van der Waals surface area contributed by atoms with Crippen molar-refractivity contribution in [2.45, 2.75) is 52.6 Å². The van der Waals surface area contributed by atoms with E-state index in [0.717, 1.165) is 30.5 Å². The van der Waals surface area contributed by atoms with Crippen LogP contribution in [-0.4, -0.2) is 28.5 Å². The van der Waals surface area contributed by atoms with Crippen LogP contribution in [0.15, 0.2) is 11.6 Å². The largest absolute Gasteiger partial charge is 0.355 e. The predicted octanol–water partition coefficient (Wildman–Crippen LogP) is 3.52. The lowest BCUT2D eigenvalue weighted by Crippen LogP contribution is -2.35. The Morgan fingerprint density at radius 3 is 2.81 bits per heavy atom. The van der Waals surface area contributed by atoms with Gasteiger partial charge < -0.3 is 10.2 Å². The Morgan fingerprint density at radius 1 is 1.38 bits per heavy atom. The Labute approximate surface area is 131 Å². The number of aromatic nitrogens is 2. The normalized spacial score (nSPS) is 17.2. The van der Waals surface area contributed by atoms with E-state index < -0.39 is 0 Å². The van der Waals surface area contributed by atoms with Crippen molar-refractivity contribution in [3.63, 3.8) is 0 Å². The summed E-state index contributed by atoms with van der Waals surface area (Å²) in [5, 5.41) is 5.67. The number of rotatable bonds is 5. The first-order valence-electron chi connectivity index (χ1n) is 8.11. The molecule has 0 aromatic carbocycles. The zero-order valence-corrected chi connectivity index (χ0v) is 14.1. The summed E-state index contributed by atoms with van der Waals surface area (Å²) < 4.78 is 2.25. The van der Waals surface area contributed by atoms with Crippen LogP contribution < -0.4 is 10.2 Å². The SMILES string of the molecule is CCC1CCN(c2nc3sccn3c2CNC(C)C)CC1. The molecule has 1 aliphatic heterocycles. The average molecular weight is 306 g/mol. The Balaban J connectivity index is 1.83. The van der Waals surface area contributed by atoms with Gasteiger partial charge in [0.05, 0.1) is 5.69 Å². The van der Waals surface area contributed by atoms with Gasteiger partial charge in [-0.3, -0.25) is 4.40 Å². The van der Waals surface area contributed by atoms with Gasteiger partial charge in [0.1, 0.15) is 0 Å². The second kappa shape index (κ2) is 6.36. The van der Waals surface area contributed by atoms with E-state index in [1.165, 1.54) is 30.8 Å². The maximum atomic E-state index is 4.89. The zero-order chi connectivity index (χ0) is 14.8.